The molecule has 0 amide bonds. The number of aliphatic hydroxyl groups is 11. The second-order valence-electron chi connectivity index (χ2n) is 19.3. The molecule has 20 unspecified atom stereocenters. The summed E-state index contributed by atoms with van der Waals surface area (Å²) in [6, 6.07) is 0. The molecule has 0 bridgehead atoms. The second-order valence-corrected chi connectivity index (χ2v) is 19.3. The minimum absolute atomic E-state index is 0.0308. The minimum Gasteiger partial charge on any atom is -0.396 e. The summed E-state index contributed by atoms with van der Waals surface area (Å²) < 4.78 is 40.7. The topological polar surface area (TPSA) is 287 Å². The normalized spacial score (nSPS) is 42.6. The van der Waals surface area contributed by atoms with Crippen molar-refractivity contribution in [2.45, 2.75) is 190 Å². The van der Waals surface area contributed by atoms with E-state index in [1.807, 2.05) is 0 Å². The zero-order valence-electron chi connectivity index (χ0n) is 36.2. The Balaban J connectivity index is 1.17. The lowest BCUT2D eigenvalue weighted by molar-refractivity contribution is -0.361. The number of methoxy groups -OCH3 is 1. The van der Waals surface area contributed by atoms with Crippen LogP contribution in [0.4, 0.5) is 0 Å². The van der Waals surface area contributed by atoms with Gasteiger partial charge in [0.05, 0.1) is 31.5 Å². The van der Waals surface area contributed by atoms with Crippen molar-refractivity contribution in [1.29, 1.82) is 0 Å². The molecule has 6 aliphatic rings. The standard InChI is InChI=1S/C43H74O18/c1-20(17-44)6-8-24-15-28-29(58-24)16-27-25-9-7-22-14-23(10-12-42(22,3)26(25)11-13-43(27,28)4)56-19-31(59-40-35(50)33(48)34(49)39(54)61-40)32(47)37(30(18-45)55-5)60-41(57-21(2)46)36(51)38(52)53/h7,20-21,23-41,44-54H,6,8-19H2,1-5H3/t20-,21?,23?,24?,25?,26+,27?,28?,29?,30?,31?,32?,33?,34?,35?,36?,37?,39?,40?,41?,42?,43?/m1/s1. The minimum atomic E-state index is -2.41. The van der Waals surface area contributed by atoms with Crippen LogP contribution in [0.25, 0.3) is 0 Å². The maximum absolute atomic E-state index is 11.9. The summed E-state index contributed by atoms with van der Waals surface area (Å²) in [5, 5.41) is 113. The van der Waals surface area contributed by atoms with Crippen LogP contribution in [0.1, 0.15) is 91.9 Å². The van der Waals surface area contributed by atoms with Crippen LogP contribution in [0.2, 0.25) is 0 Å². The number of hydrogen-bond acceptors (Lipinski definition) is 18. The van der Waals surface area contributed by atoms with Gasteiger partial charge in [0.2, 0.25) is 0 Å². The maximum Gasteiger partial charge on any atom is 0.192 e. The van der Waals surface area contributed by atoms with E-state index >= 15 is 0 Å². The summed E-state index contributed by atoms with van der Waals surface area (Å²) in [7, 11) is 1.19. The van der Waals surface area contributed by atoms with Crippen LogP contribution in [-0.4, -0.2) is 182 Å². The van der Waals surface area contributed by atoms with Gasteiger partial charge in [-0.2, -0.15) is 0 Å². The van der Waals surface area contributed by atoms with Crippen molar-refractivity contribution in [1.82, 2.24) is 0 Å². The fourth-order valence-electron chi connectivity index (χ4n) is 11.9. The zero-order valence-corrected chi connectivity index (χ0v) is 36.2. The average Bonchev–Trinajstić information content (AvgIpc) is 3.77. The lowest BCUT2D eigenvalue weighted by Gasteiger charge is -2.58. The van der Waals surface area contributed by atoms with Gasteiger partial charge in [0.1, 0.15) is 42.7 Å². The van der Waals surface area contributed by atoms with Gasteiger partial charge in [0.15, 0.2) is 37.6 Å². The van der Waals surface area contributed by atoms with Crippen molar-refractivity contribution in [3.63, 3.8) is 0 Å². The van der Waals surface area contributed by atoms with Crippen LogP contribution in [0.5, 0.6) is 0 Å². The van der Waals surface area contributed by atoms with Gasteiger partial charge >= 0.3 is 0 Å². The number of hydrogen-bond donors (Lipinski definition) is 11. The molecular weight excluding hydrogens is 804 g/mol. The Labute approximate surface area is 358 Å². The first-order valence-corrected chi connectivity index (χ1v) is 22.3. The Hall–Kier alpha value is -0.980. The van der Waals surface area contributed by atoms with E-state index in [9.17, 15) is 56.2 Å². The molecule has 3 saturated carbocycles. The molecule has 18 heteroatoms. The molecule has 4 aliphatic carbocycles. The van der Waals surface area contributed by atoms with E-state index in [0.29, 0.717) is 36.5 Å². The molecule has 0 aromatic carbocycles. The van der Waals surface area contributed by atoms with Gasteiger partial charge in [0, 0.05) is 13.7 Å². The average molecular weight is 879 g/mol. The Morgan fingerprint density at radius 1 is 0.820 bits per heavy atom. The van der Waals surface area contributed by atoms with Crippen molar-refractivity contribution in [2.24, 2.45) is 40.4 Å². The predicted molar refractivity (Wildman–Crippen MR) is 212 cm³/mol. The molecule has 6 rings (SSSR count). The van der Waals surface area contributed by atoms with Crippen LogP contribution in [0.3, 0.4) is 0 Å². The Bertz CT molecular complexity index is 1420. The molecule has 2 aliphatic heterocycles. The van der Waals surface area contributed by atoms with Crippen molar-refractivity contribution in [2.75, 3.05) is 26.9 Å². The molecule has 2 saturated heterocycles. The van der Waals surface area contributed by atoms with Crippen molar-refractivity contribution in [3.05, 3.63) is 11.6 Å². The Morgan fingerprint density at radius 3 is 2.21 bits per heavy atom. The zero-order chi connectivity index (χ0) is 44.6. The number of fused-ring (bicyclic) bond motifs is 7. The lowest BCUT2D eigenvalue weighted by atomic mass is 9.47. The van der Waals surface area contributed by atoms with Gasteiger partial charge in [-0.15, -0.1) is 0 Å². The van der Waals surface area contributed by atoms with Gasteiger partial charge in [-0.25, -0.2) is 0 Å². The highest BCUT2D eigenvalue weighted by atomic mass is 16.8. The number of ether oxygens (including phenoxy) is 7. The van der Waals surface area contributed by atoms with E-state index in [1.54, 1.807) is 0 Å². The van der Waals surface area contributed by atoms with Crippen molar-refractivity contribution < 1.29 is 89.3 Å². The predicted octanol–water partition coefficient (Wildman–Crippen LogP) is -0.625. The van der Waals surface area contributed by atoms with E-state index in [1.165, 1.54) is 19.6 Å². The molecule has 0 aromatic rings. The van der Waals surface area contributed by atoms with Crippen molar-refractivity contribution >= 4 is 0 Å². The summed E-state index contributed by atoms with van der Waals surface area (Å²) in [6.07, 6.45) is -11.9. The molecule has 2 heterocycles. The van der Waals surface area contributed by atoms with E-state index in [0.717, 1.165) is 51.4 Å². The van der Waals surface area contributed by atoms with Crippen LogP contribution < -0.4 is 0 Å². The van der Waals surface area contributed by atoms with E-state index in [-0.39, 0.29) is 48.3 Å². The van der Waals surface area contributed by atoms with Crippen LogP contribution >= 0.6 is 0 Å². The summed E-state index contributed by atoms with van der Waals surface area (Å²) >= 11 is 0. The number of rotatable bonds is 20. The molecule has 18 nitrogen and oxygen atoms in total. The first-order valence-electron chi connectivity index (χ1n) is 22.3. The van der Waals surface area contributed by atoms with Gasteiger partial charge in [-0.1, -0.05) is 32.4 Å². The summed E-state index contributed by atoms with van der Waals surface area (Å²) in [5.74, 6) is 2.48. The SMILES string of the molecule is COC(CO)C(OC(OC(C)O)C(O)C(O)O)C(O)C(COC1CCC2(C)C(=CCC3C4CC5OC(CC[C@@H](C)CO)CC5C4(C)CC[C@@H]32)C1)OC1OC(O)C(O)C(O)C1O. The van der Waals surface area contributed by atoms with Gasteiger partial charge in [-0.3, -0.25) is 0 Å². The molecule has 354 valence electrons. The first kappa shape index (κ1) is 49.5. The van der Waals surface area contributed by atoms with Gasteiger partial charge in [-0.05, 0) is 112 Å². The first-order chi connectivity index (χ1) is 28.9. The quantitative estimate of drug-likeness (QED) is 0.0537. The summed E-state index contributed by atoms with van der Waals surface area (Å²) in [6.45, 7) is 7.19. The van der Waals surface area contributed by atoms with E-state index in [4.69, 9.17) is 33.2 Å². The van der Waals surface area contributed by atoms with Gasteiger partial charge in [0.25, 0.3) is 0 Å². The van der Waals surface area contributed by atoms with Crippen LogP contribution in [0.15, 0.2) is 11.6 Å². The second kappa shape index (κ2) is 20.7. The molecule has 0 aromatic heterocycles. The monoisotopic (exact) mass is 878 g/mol. The van der Waals surface area contributed by atoms with E-state index < -0.39 is 86.9 Å². The summed E-state index contributed by atoms with van der Waals surface area (Å²) in [4.78, 5) is 0. The number of aliphatic hydroxyl groups excluding tert-OH is 10. The highest BCUT2D eigenvalue weighted by Gasteiger charge is 2.63. The molecule has 5 fully saturated rings. The highest BCUT2D eigenvalue weighted by Crippen LogP contribution is 2.68. The fraction of sp³-hybridized carbons (Fsp3) is 0.953. The van der Waals surface area contributed by atoms with E-state index in [2.05, 4.69) is 26.8 Å². The molecule has 0 spiro atoms. The van der Waals surface area contributed by atoms with Crippen LogP contribution in [-0.2, 0) is 33.2 Å². The third kappa shape index (κ3) is 10.4. The van der Waals surface area contributed by atoms with Crippen molar-refractivity contribution in [3.8, 4) is 0 Å². The fourth-order valence-corrected chi connectivity index (χ4v) is 11.9. The number of allylic oxidation sites excluding steroid dienone is 1. The molecule has 0 radical (unpaired) electrons. The summed E-state index contributed by atoms with van der Waals surface area (Å²) in [5.41, 5.74) is 1.52. The maximum atomic E-state index is 11.9. The lowest BCUT2D eigenvalue weighted by Crippen LogP contribution is -2.61. The Morgan fingerprint density at radius 2 is 1.56 bits per heavy atom. The highest BCUT2D eigenvalue weighted by molar-refractivity contribution is 5.26. The molecule has 22 atom stereocenters. The molecular formula is C43H74O18. The van der Waals surface area contributed by atoms with Gasteiger partial charge < -0.3 is 89.3 Å². The third-order valence-electron chi connectivity index (χ3n) is 15.6. The van der Waals surface area contributed by atoms with Crippen LogP contribution in [0, 0.1) is 40.4 Å². The smallest absolute Gasteiger partial charge is 0.192 e. The largest absolute Gasteiger partial charge is 0.396 e. The third-order valence-corrected chi connectivity index (χ3v) is 15.6. The molecule has 61 heavy (non-hydrogen) atoms. The molecule has 11 N–H and O–H groups in total. The Kier molecular flexibility index (Phi) is 16.8.